The van der Waals surface area contributed by atoms with Gasteiger partial charge in [-0.1, -0.05) is 17.3 Å². The van der Waals surface area contributed by atoms with E-state index >= 15 is 0 Å². The number of benzene rings is 1. The van der Waals surface area contributed by atoms with E-state index in [0.717, 1.165) is 15.3 Å². The lowest BCUT2D eigenvalue weighted by Gasteiger charge is -2.19. The van der Waals surface area contributed by atoms with E-state index in [1.807, 2.05) is 0 Å². The Balaban J connectivity index is 1.68. The maximum absolute atomic E-state index is 12.6. The Morgan fingerprint density at radius 2 is 2.09 bits per heavy atom. The molecule has 0 radical (unpaired) electrons. The number of nitrogens with one attached hydrogen (secondary N) is 1. The maximum Gasteiger partial charge on any atom is 0.326 e. The van der Waals surface area contributed by atoms with Gasteiger partial charge in [-0.15, -0.1) is 5.10 Å². The molecule has 0 unspecified atom stereocenters. The van der Waals surface area contributed by atoms with E-state index in [1.165, 1.54) is 0 Å². The SMILES string of the molecule is O=C1N[C@]2(CCSC2)C(=O)N1Cn1nnc2ccccc2c1=O. The van der Waals surface area contributed by atoms with Crippen molar-refractivity contribution in [3.63, 3.8) is 0 Å². The predicted molar refractivity (Wildman–Crippen MR) is 83.8 cm³/mol. The van der Waals surface area contributed by atoms with Gasteiger partial charge in [-0.2, -0.15) is 16.4 Å². The molecule has 1 N–H and O–H groups in total. The predicted octanol–water partition coefficient (Wildman–Crippen LogP) is 0.176. The van der Waals surface area contributed by atoms with Crippen molar-refractivity contribution in [2.45, 2.75) is 18.6 Å². The summed E-state index contributed by atoms with van der Waals surface area (Å²) in [5.41, 5.74) is -0.720. The molecule has 3 heterocycles. The fourth-order valence-corrected chi connectivity index (χ4v) is 4.21. The molecule has 1 aromatic carbocycles. The molecule has 9 heteroatoms. The molecule has 0 saturated carbocycles. The smallest absolute Gasteiger partial charge is 0.322 e. The van der Waals surface area contributed by atoms with E-state index in [1.54, 1.807) is 36.0 Å². The molecule has 3 amide bonds. The van der Waals surface area contributed by atoms with Crippen LogP contribution in [0.5, 0.6) is 0 Å². The lowest BCUT2D eigenvalue weighted by Crippen LogP contribution is -2.47. The molecule has 2 saturated heterocycles. The van der Waals surface area contributed by atoms with Gasteiger partial charge in [-0.05, 0) is 24.3 Å². The van der Waals surface area contributed by atoms with Gasteiger partial charge in [0.2, 0.25) is 0 Å². The fourth-order valence-electron chi connectivity index (χ4n) is 2.89. The monoisotopic (exact) mass is 331 g/mol. The summed E-state index contributed by atoms with van der Waals surface area (Å²) < 4.78 is 1.04. The fraction of sp³-hybridized carbons (Fsp3) is 0.357. The number of rotatable bonds is 2. The van der Waals surface area contributed by atoms with Crippen LogP contribution in [0.25, 0.3) is 10.9 Å². The molecular weight excluding hydrogens is 318 g/mol. The number of thioether (sulfide) groups is 1. The third-order valence-corrected chi connectivity index (χ3v) is 5.36. The second-order valence-corrected chi connectivity index (χ2v) is 6.71. The highest BCUT2D eigenvalue weighted by Gasteiger charge is 2.53. The number of fused-ring (bicyclic) bond motifs is 1. The first-order valence-electron chi connectivity index (χ1n) is 7.15. The van der Waals surface area contributed by atoms with Gasteiger partial charge in [0, 0.05) is 5.75 Å². The second kappa shape index (κ2) is 5.05. The zero-order chi connectivity index (χ0) is 16.0. The molecule has 1 aromatic heterocycles. The van der Waals surface area contributed by atoms with Gasteiger partial charge in [-0.25, -0.2) is 9.69 Å². The van der Waals surface area contributed by atoms with E-state index in [9.17, 15) is 14.4 Å². The highest BCUT2D eigenvalue weighted by molar-refractivity contribution is 7.99. The van der Waals surface area contributed by atoms with Crippen LogP contribution in [0.15, 0.2) is 29.1 Å². The molecule has 23 heavy (non-hydrogen) atoms. The van der Waals surface area contributed by atoms with E-state index in [-0.39, 0.29) is 18.1 Å². The summed E-state index contributed by atoms with van der Waals surface area (Å²) in [6.45, 7) is -0.228. The summed E-state index contributed by atoms with van der Waals surface area (Å²) in [4.78, 5) is 38.2. The topological polar surface area (TPSA) is 97.2 Å². The van der Waals surface area contributed by atoms with Gasteiger partial charge in [0.05, 0.1) is 5.39 Å². The van der Waals surface area contributed by atoms with Crippen LogP contribution in [-0.4, -0.2) is 48.9 Å². The van der Waals surface area contributed by atoms with Gasteiger partial charge in [-0.3, -0.25) is 9.59 Å². The molecule has 1 atom stereocenters. The Bertz CT molecular complexity index is 874. The molecule has 0 bridgehead atoms. The van der Waals surface area contributed by atoms with Crippen molar-refractivity contribution in [1.29, 1.82) is 0 Å². The normalized spacial score (nSPS) is 23.9. The summed E-state index contributed by atoms with van der Waals surface area (Å²) in [5.74, 6) is 1.09. The van der Waals surface area contributed by atoms with Crippen molar-refractivity contribution in [3.8, 4) is 0 Å². The Hall–Kier alpha value is -2.42. The minimum absolute atomic E-state index is 0.228. The highest BCUT2D eigenvalue weighted by atomic mass is 32.2. The summed E-state index contributed by atoms with van der Waals surface area (Å²) in [7, 11) is 0. The molecule has 118 valence electrons. The van der Waals surface area contributed by atoms with Crippen LogP contribution < -0.4 is 10.9 Å². The average molecular weight is 331 g/mol. The van der Waals surface area contributed by atoms with Crippen LogP contribution in [0.3, 0.4) is 0 Å². The first-order chi connectivity index (χ1) is 11.1. The van der Waals surface area contributed by atoms with Gasteiger partial charge in [0.15, 0.2) is 0 Å². The Morgan fingerprint density at radius 3 is 2.87 bits per heavy atom. The molecular formula is C14H13N5O3S. The van der Waals surface area contributed by atoms with Crippen LogP contribution >= 0.6 is 11.8 Å². The number of imide groups is 1. The number of urea groups is 1. The standard InChI is InChI=1S/C14H13N5O3S/c20-11-9-3-1-2-4-10(9)16-17-19(11)8-18-12(21)14(15-13(18)22)5-6-23-7-14/h1-4H,5-8H2,(H,15,22)/t14-/m0/s1. The van der Waals surface area contributed by atoms with Gasteiger partial charge in [0.1, 0.15) is 17.7 Å². The minimum Gasteiger partial charge on any atom is -0.322 e. The quantitative estimate of drug-likeness (QED) is 0.788. The van der Waals surface area contributed by atoms with E-state index in [0.29, 0.717) is 23.1 Å². The Morgan fingerprint density at radius 1 is 1.26 bits per heavy atom. The first kappa shape index (κ1) is 14.2. The molecule has 2 aliphatic heterocycles. The third kappa shape index (κ3) is 2.11. The summed E-state index contributed by atoms with van der Waals surface area (Å²) in [6, 6.07) is 6.34. The van der Waals surface area contributed by atoms with Crippen molar-refractivity contribution in [1.82, 2.24) is 25.2 Å². The molecule has 4 rings (SSSR count). The van der Waals surface area contributed by atoms with Crippen molar-refractivity contribution in [2.24, 2.45) is 0 Å². The van der Waals surface area contributed by atoms with E-state index < -0.39 is 11.6 Å². The van der Waals surface area contributed by atoms with Crippen LogP contribution in [0.1, 0.15) is 6.42 Å². The van der Waals surface area contributed by atoms with Gasteiger partial charge >= 0.3 is 6.03 Å². The molecule has 8 nitrogen and oxygen atoms in total. The lowest BCUT2D eigenvalue weighted by molar-refractivity contribution is -0.131. The van der Waals surface area contributed by atoms with Crippen molar-refractivity contribution in [2.75, 3.05) is 11.5 Å². The highest BCUT2D eigenvalue weighted by Crippen LogP contribution is 2.33. The number of hydrogen-bond acceptors (Lipinski definition) is 6. The van der Waals surface area contributed by atoms with Crippen LogP contribution in [-0.2, 0) is 11.5 Å². The number of amides is 3. The van der Waals surface area contributed by atoms with Crippen molar-refractivity contribution >= 4 is 34.6 Å². The molecule has 2 aliphatic rings. The lowest BCUT2D eigenvalue weighted by atomic mass is 10.00. The van der Waals surface area contributed by atoms with Crippen LogP contribution in [0.4, 0.5) is 4.79 Å². The second-order valence-electron chi connectivity index (χ2n) is 5.60. The minimum atomic E-state index is -0.824. The number of hydrogen-bond donors (Lipinski definition) is 1. The average Bonchev–Trinajstić information content (AvgIpc) is 3.11. The van der Waals surface area contributed by atoms with Crippen molar-refractivity contribution in [3.05, 3.63) is 34.6 Å². The molecule has 1 spiro atoms. The first-order valence-corrected chi connectivity index (χ1v) is 8.31. The number of carbonyl (C=O) groups is 2. The summed E-state index contributed by atoms with van der Waals surface area (Å²) in [5, 5.41) is 11.0. The van der Waals surface area contributed by atoms with E-state index in [2.05, 4.69) is 15.6 Å². The zero-order valence-electron chi connectivity index (χ0n) is 12.1. The number of nitrogens with zero attached hydrogens (tertiary/aromatic N) is 4. The van der Waals surface area contributed by atoms with E-state index in [4.69, 9.17) is 0 Å². The maximum atomic E-state index is 12.6. The van der Waals surface area contributed by atoms with Gasteiger partial charge < -0.3 is 5.32 Å². The van der Waals surface area contributed by atoms with Crippen LogP contribution in [0.2, 0.25) is 0 Å². The third-order valence-electron chi connectivity index (χ3n) is 4.17. The molecule has 2 aromatic rings. The summed E-state index contributed by atoms with van der Waals surface area (Å²) in [6.07, 6.45) is 0.608. The van der Waals surface area contributed by atoms with Crippen LogP contribution in [0, 0.1) is 0 Å². The molecule has 2 fully saturated rings. The Labute approximate surface area is 134 Å². The van der Waals surface area contributed by atoms with Gasteiger partial charge in [0.25, 0.3) is 11.5 Å². The number of aromatic nitrogens is 3. The summed E-state index contributed by atoms with van der Waals surface area (Å²) >= 11 is 1.63. The largest absolute Gasteiger partial charge is 0.326 e. The Kier molecular flexibility index (Phi) is 3.12. The molecule has 0 aliphatic carbocycles. The zero-order valence-corrected chi connectivity index (χ0v) is 12.9. The van der Waals surface area contributed by atoms with Crippen molar-refractivity contribution < 1.29 is 9.59 Å². The number of carbonyl (C=O) groups excluding carboxylic acids is 2.